The summed E-state index contributed by atoms with van der Waals surface area (Å²) in [6, 6.07) is 5.60. The molecule has 0 saturated heterocycles. The smallest absolute Gasteiger partial charge is 0.364 e. The predicted molar refractivity (Wildman–Crippen MR) is 104 cm³/mol. The Bertz CT molecular complexity index is 1200. The minimum Gasteiger partial charge on any atom is -0.364 e. The number of hydrogen-bond donors (Lipinski definition) is 2. The summed E-state index contributed by atoms with van der Waals surface area (Å²) in [6.45, 7) is 3.62. The minimum absolute atomic E-state index is 0.223. The maximum absolute atomic E-state index is 12.9. The van der Waals surface area contributed by atoms with Gasteiger partial charge in [0.25, 0.3) is 5.91 Å². The number of nitrogens with two attached hydrogens (primary N) is 1. The van der Waals surface area contributed by atoms with Gasteiger partial charge < -0.3 is 10.3 Å². The normalized spacial score (nSPS) is 16.0. The Kier molecular flexibility index (Phi) is 4.65. The number of rotatable bonds is 5. The zero-order chi connectivity index (χ0) is 22.6. The van der Waals surface area contributed by atoms with E-state index in [9.17, 15) is 18.0 Å². The molecule has 0 spiro atoms. The predicted octanol–water partition coefficient (Wildman–Crippen LogP) is 3.59. The van der Waals surface area contributed by atoms with Gasteiger partial charge in [-0.2, -0.15) is 23.5 Å². The number of aromatic amines is 1. The summed E-state index contributed by atoms with van der Waals surface area (Å²) in [5.74, 6) is -0.614. The molecule has 3 N–H and O–H groups in total. The van der Waals surface area contributed by atoms with E-state index in [4.69, 9.17) is 11.0 Å². The topological polar surface area (TPSA) is 113 Å². The van der Waals surface area contributed by atoms with Gasteiger partial charge in [-0.15, -0.1) is 0 Å². The largest absolute Gasteiger partial charge is 0.433 e. The van der Waals surface area contributed by atoms with E-state index >= 15 is 0 Å². The maximum Gasteiger partial charge on any atom is 0.433 e. The second-order valence-electron chi connectivity index (χ2n) is 7.80. The first-order valence-corrected chi connectivity index (χ1v) is 9.59. The van der Waals surface area contributed by atoms with Gasteiger partial charge >= 0.3 is 6.18 Å². The van der Waals surface area contributed by atoms with Gasteiger partial charge in [-0.1, -0.05) is 6.07 Å². The van der Waals surface area contributed by atoms with Crippen LogP contribution in [0, 0.1) is 18.3 Å². The fourth-order valence-corrected chi connectivity index (χ4v) is 4.16. The van der Waals surface area contributed by atoms with Crippen LogP contribution in [0.2, 0.25) is 0 Å². The lowest BCUT2D eigenvalue weighted by Crippen LogP contribution is -2.20. The summed E-state index contributed by atoms with van der Waals surface area (Å²) in [5, 5.41) is 15.7. The number of alkyl halides is 3. The lowest BCUT2D eigenvalue weighted by atomic mass is 9.88. The summed E-state index contributed by atoms with van der Waals surface area (Å²) < 4.78 is 40.4. The first-order chi connectivity index (χ1) is 14.6. The molecule has 7 nitrogen and oxygen atoms in total. The van der Waals surface area contributed by atoms with Gasteiger partial charge in [0.1, 0.15) is 17.5 Å². The zero-order valence-corrected chi connectivity index (χ0v) is 16.8. The summed E-state index contributed by atoms with van der Waals surface area (Å²) >= 11 is 0. The highest BCUT2D eigenvalue weighted by Crippen LogP contribution is 2.55. The third-order valence-electron chi connectivity index (χ3n) is 5.97. The van der Waals surface area contributed by atoms with Crippen molar-refractivity contribution in [3.8, 4) is 6.07 Å². The van der Waals surface area contributed by atoms with Crippen LogP contribution in [-0.4, -0.2) is 25.7 Å². The molecule has 1 saturated carbocycles. The van der Waals surface area contributed by atoms with Crippen molar-refractivity contribution in [1.82, 2.24) is 19.7 Å². The van der Waals surface area contributed by atoms with Gasteiger partial charge in [-0.3, -0.25) is 14.9 Å². The lowest BCUT2D eigenvalue weighted by Gasteiger charge is -2.17. The zero-order valence-electron chi connectivity index (χ0n) is 16.8. The van der Waals surface area contributed by atoms with E-state index < -0.39 is 23.2 Å². The molecule has 1 amide bonds. The van der Waals surface area contributed by atoms with Gasteiger partial charge in [-0.05, 0) is 55.5 Å². The number of carbonyl (C=O) groups is 1. The summed E-state index contributed by atoms with van der Waals surface area (Å²) in [6.07, 6.45) is 0.0152. The molecule has 31 heavy (non-hydrogen) atoms. The Morgan fingerprint density at radius 1 is 1.39 bits per heavy atom. The highest BCUT2D eigenvalue weighted by atomic mass is 19.4. The van der Waals surface area contributed by atoms with Gasteiger partial charge in [-0.25, -0.2) is 0 Å². The van der Waals surface area contributed by atoms with E-state index in [1.807, 2.05) is 19.2 Å². The van der Waals surface area contributed by atoms with Gasteiger partial charge in [0, 0.05) is 17.8 Å². The average molecular weight is 428 g/mol. The van der Waals surface area contributed by atoms with E-state index in [0.29, 0.717) is 22.5 Å². The Morgan fingerprint density at radius 3 is 2.58 bits per heavy atom. The molecule has 1 aliphatic carbocycles. The van der Waals surface area contributed by atoms with Crippen LogP contribution in [-0.2, 0) is 11.6 Å². The Hall–Kier alpha value is -3.61. The molecule has 4 rings (SSSR count). The highest BCUT2D eigenvalue weighted by molar-refractivity contribution is 5.93. The SMILES string of the molecule is Cc1c(C2(c3ccc(C(F)(F)F)nc3)CC2)cn(C(C)c2cc(C#N)n[nH]2)c1C(N)=O. The molecule has 0 radical (unpaired) electrons. The molecule has 1 atom stereocenters. The number of hydrogen-bond acceptors (Lipinski definition) is 4. The number of nitrogens with one attached hydrogen (secondary N) is 1. The number of primary amides is 1. The number of pyridine rings is 1. The molecule has 0 bridgehead atoms. The van der Waals surface area contributed by atoms with Gasteiger partial charge in [0.05, 0.1) is 11.7 Å². The number of halogens is 3. The Balaban J connectivity index is 1.78. The number of H-pyrrole nitrogens is 1. The third kappa shape index (κ3) is 3.36. The van der Waals surface area contributed by atoms with Crippen molar-refractivity contribution in [2.24, 2.45) is 5.73 Å². The third-order valence-corrected chi connectivity index (χ3v) is 5.97. The molecular weight excluding hydrogens is 409 g/mol. The molecule has 3 heterocycles. The average Bonchev–Trinajstić information content (AvgIpc) is 3.23. The first kappa shape index (κ1) is 20.7. The van der Waals surface area contributed by atoms with Crippen molar-refractivity contribution in [2.75, 3.05) is 0 Å². The second kappa shape index (κ2) is 6.97. The minimum atomic E-state index is -4.50. The second-order valence-corrected chi connectivity index (χ2v) is 7.80. The van der Waals surface area contributed by atoms with Crippen molar-refractivity contribution >= 4 is 5.91 Å². The number of carbonyl (C=O) groups excluding carboxylic acids is 1. The molecule has 160 valence electrons. The van der Waals surface area contributed by atoms with Crippen LogP contribution in [0.15, 0.2) is 30.6 Å². The molecule has 0 aromatic carbocycles. The number of nitrogens with zero attached hydrogens (tertiary/aromatic N) is 4. The number of aromatic nitrogens is 4. The first-order valence-electron chi connectivity index (χ1n) is 9.59. The van der Waals surface area contributed by atoms with Crippen molar-refractivity contribution in [1.29, 1.82) is 5.26 Å². The molecule has 0 aliphatic heterocycles. The number of amides is 1. The monoisotopic (exact) mass is 428 g/mol. The van der Waals surface area contributed by atoms with E-state index in [1.54, 1.807) is 17.6 Å². The van der Waals surface area contributed by atoms with Crippen LogP contribution in [0.4, 0.5) is 13.2 Å². The molecule has 1 unspecified atom stereocenters. The Labute approximate surface area is 175 Å². The Morgan fingerprint density at radius 2 is 2.10 bits per heavy atom. The van der Waals surface area contributed by atoms with Crippen LogP contribution in [0.1, 0.15) is 70.1 Å². The van der Waals surface area contributed by atoms with E-state index in [1.165, 1.54) is 12.3 Å². The molecular formula is C21H19F3N6O. The maximum atomic E-state index is 12.9. The van der Waals surface area contributed by atoms with E-state index in [2.05, 4.69) is 15.2 Å². The van der Waals surface area contributed by atoms with Crippen molar-refractivity contribution in [2.45, 2.75) is 44.3 Å². The molecule has 10 heteroatoms. The molecule has 3 aromatic rings. The van der Waals surface area contributed by atoms with Crippen molar-refractivity contribution in [3.05, 3.63) is 70.1 Å². The van der Waals surface area contributed by atoms with Crippen LogP contribution in [0.25, 0.3) is 0 Å². The van der Waals surface area contributed by atoms with Crippen LogP contribution in [0.5, 0.6) is 0 Å². The standard InChI is InChI=1S/C21H19F3N6O/c1-11-15(20(5-6-20)13-3-4-17(27-9-13)21(22,23)24)10-30(18(11)19(26)31)12(2)16-7-14(8-25)28-29-16/h3-4,7,9-10,12H,5-6H2,1-2H3,(H2,26,31)(H,28,29). The van der Waals surface area contributed by atoms with E-state index in [-0.39, 0.29) is 11.7 Å². The van der Waals surface area contributed by atoms with Crippen molar-refractivity contribution < 1.29 is 18.0 Å². The quantitative estimate of drug-likeness (QED) is 0.646. The summed E-state index contributed by atoms with van der Waals surface area (Å²) in [4.78, 5) is 15.9. The van der Waals surface area contributed by atoms with Crippen LogP contribution in [0.3, 0.4) is 0 Å². The molecule has 1 fully saturated rings. The fourth-order valence-electron chi connectivity index (χ4n) is 4.16. The molecule has 1 aliphatic rings. The van der Waals surface area contributed by atoms with E-state index in [0.717, 1.165) is 24.5 Å². The van der Waals surface area contributed by atoms with Gasteiger partial charge in [0.15, 0.2) is 5.69 Å². The molecule has 3 aromatic heterocycles. The van der Waals surface area contributed by atoms with Crippen LogP contribution < -0.4 is 5.73 Å². The van der Waals surface area contributed by atoms with Gasteiger partial charge in [0.2, 0.25) is 0 Å². The fraction of sp³-hybridized carbons (Fsp3) is 0.333. The summed E-state index contributed by atoms with van der Waals surface area (Å²) in [5.41, 5.74) is 7.54. The number of nitriles is 1. The van der Waals surface area contributed by atoms with Crippen LogP contribution >= 0.6 is 0 Å². The van der Waals surface area contributed by atoms with Crippen molar-refractivity contribution in [3.63, 3.8) is 0 Å². The lowest BCUT2D eigenvalue weighted by molar-refractivity contribution is -0.141. The summed E-state index contributed by atoms with van der Waals surface area (Å²) in [7, 11) is 0. The highest BCUT2D eigenvalue weighted by Gasteiger charge is 2.49.